The first-order valence-corrected chi connectivity index (χ1v) is 4.10. The summed E-state index contributed by atoms with van der Waals surface area (Å²) in [5, 5.41) is 17.1. The second kappa shape index (κ2) is 4.40. The highest BCUT2D eigenvalue weighted by Crippen LogP contribution is 1.93. The normalized spacial score (nSPS) is 12.1. The summed E-state index contributed by atoms with van der Waals surface area (Å²) in [5.41, 5.74) is 0.653. The Morgan fingerprint density at radius 1 is 1.71 bits per heavy atom. The van der Waals surface area contributed by atoms with Gasteiger partial charge in [-0.2, -0.15) is 5.10 Å². The average molecular weight is 197 g/mol. The molecule has 6 nitrogen and oxygen atoms in total. The Kier molecular flexibility index (Phi) is 3.22. The number of hydrogen-bond donors (Lipinski definition) is 3. The predicted octanol–water partition coefficient (Wildman–Crippen LogP) is -0.459. The maximum absolute atomic E-state index is 11.2. The minimum absolute atomic E-state index is 0.109. The quantitative estimate of drug-likeness (QED) is 0.608. The van der Waals surface area contributed by atoms with Crippen molar-refractivity contribution in [3.63, 3.8) is 0 Å². The largest absolute Gasteiger partial charge is 0.480 e. The van der Waals surface area contributed by atoms with Gasteiger partial charge in [0.25, 0.3) is 0 Å². The molecule has 6 heteroatoms. The smallest absolute Gasteiger partial charge is 0.325 e. The third kappa shape index (κ3) is 2.89. The van der Waals surface area contributed by atoms with Gasteiger partial charge in [0.2, 0.25) is 5.91 Å². The molecule has 0 saturated carbocycles. The monoisotopic (exact) mass is 197 g/mol. The van der Waals surface area contributed by atoms with Crippen LogP contribution in [0.4, 0.5) is 0 Å². The van der Waals surface area contributed by atoms with E-state index in [4.69, 9.17) is 5.11 Å². The number of nitrogens with zero attached hydrogens (tertiary/aromatic N) is 1. The molecule has 0 unspecified atom stereocenters. The summed E-state index contributed by atoms with van der Waals surface area (Å²) >= 11 is 0. The Hall–Kier alpha value is -1.85. The molecule has 0 spiro atoms. The Morgan fingerprint density at radius 3 is 2.93 bits per heavy atom. The molecule has 0 aromatic carbocycles. The van der Waals surface area contributed by atoms with E-state index < -0.39 is 12.0 Å². The van der Waals surface area contributed by atoms with Gasteiger partial charge in [-0.3, -0.25) is 14.7 Å². The number of H-pyrrole nitrogens is 1. The number of aliphatic carboxylic acids is 1. The number of carbonyl (C=O) groups excluding carboxylic acids is 1. The first-order valence-electron chi connectivity index (χ1n) is 4.10. The number of carboxylic acid groups (broad SMARTS) is 1. The van der Waals surface area contributed by atoms with Gasteiger partial charge in [0.05, 0.1) is 6.42 Å². The zero-order valence-corrected chi connectivity index (χ0v) is 7.65. The maximum atomic E-state index is 11.2. The maximum Gasteiger partial charge on any atom is 0.325 e. The van der Waals surface area contributed by atoms with Crippen molar-refractivity contribution in [2.24, 2.45) is 0 Å². The highest BCUT2D eigenvalue weighted by atomic mass is 16.4. The molecule has 0 radical (unpaired) electrons. The van der Waals surface area contributed by atoms with Gasteiger partial charge in [-0.1, -0.05) is 0 Å². The van der Waals surface area contributed by atoms with Gasteiger partial charge < -0.3 is 10.4 Å². The fourth-order valence-corrected chi connectivity index (χ4v) is 0.910. The van der Waals surface area contributed by atoms with Gasteiger partial charge in [0.1, 0.15) is 6.04 Å². The molecule has 1 rings (SSSR count). The number of rotatable bonds is 4. The van der Waals surface area contributed by atoms with Crippen molar-refractivity contribution in [2.75, 3.05) is 0 Å². The lowest BCUT2D eigenvalue weighted by atomic mass is 10.2. The van der Waals surface area contributed by atoms with E-state index in [-0.39, 0.29) is 12.3 Å². The van der Waals surface area contributed by atoms with Crippen molar-refractivity contribution in [3.8, 4) is 0 Å². The molecule has 0 aliphatic carbocycles. The topological polar surface area (TPSA) is 95.1 Å². The second-order valence-electron chi connectivity index (χ2n) is 2.89. The van der Waals surface area contributed by atoms with Crippen LogP contribution >= 0.6 is 0 Å². The predicted molar refractivity (Wildman–Crippen MR) is 47.5 cm³/mol. The minimum Gasteiger partial charge on any atom is -0.480 e. The Bertz CT molecular complexity index is 321. The van der Waals surface area contributed by atoms with E-state index in [0.29, 0.717) is 5.69 Å². The standard InChI is InChI=1S/C8H11N3O3/c1-5(8(13)14)10-7(12)4-6-2-3-9-11-6/h2-3,5H,4H2,1H3,(H,9,11)(H,10,12)(H,13,14)/t5-/m1/s1. The molecule has 3 N–H and O–H groups in total. The van der Waals surface area contributed by atoms with Crippen LogP contribution in [0.2, 0.25) is 0 Å². The molecule has 14 heavy (non-hydrogen) atoms. The van der Waals surface area contributed by atoms with Crippen LogP contribution < -0.4 is 5.32 Å². The molecule has 1 aromatic rings. The number of amides is 1. The van der Waals surface area contributed by atoms with Gasteiger partial charge in [0, 0.05) is 11.9 Å². The van der Waals surface area contributed by atoms with Crippen LogP contribution in [0.15, 0.2) is 12.3 Å². The highest BCUT2D eigenvalue weighted by molar-refractivity contribution is 5.84. The number of carboxylic acids is 1. The number of carbonyl (C=O) groups is 2. The second-order valence-corrected chi connectivity index (χ2v) is 2.89. The van der Waals surface area contributed by atoms with Crippen LogP contribution in [0, 0.1) is 0 Å². The summed E-state index contributed by atoms with van der Waals surface area (Å²) in [7, 11) is 0. The molecular weight excluding hydrogens is 186 g/mol. The molecule has 0 saturated heterocycles. The lowest BCUT2D eigenvalue weighted by Crippen LogP contribution is -2.39. The third-order valence-corrected chi connectivity index (χ3v) is 1.66. The zero-order chi connectivity index (χ0) is 10.6. The van der Waals surface area contributed by atoms with Gasteiger partial charge in [0.15, 0.2) is 0 Å². The van der Waals surface area contributed by atoms with E-state index in [1.165, 1.54) is 13.1 Å². The average Bonchev–Trinajstić information content (AvgIpc) is 2.56. The lowest BCUT2D eigenvalue weighted by Gasteiger charge is -2.07. The number of aromatic nitrogens is 2. The molecular formula is C8H11N3O3. The third-order valence-electron chi connectivity index (χ3n) is 1.66. The Balaban J connectivity index is 2.40. The number of nitrogens with one attached hydrogen (secondary N) is 2. The van der Waals surface area contributed by atoms with Crippen LogP contribution in [0.5, 0.6) is 0 Å². The van der Waals surface area contributed by atoms with E-state index in [0.717, 1.165) is 0 Å². The zero-order valence-electron chi connectivity index (χ0n) is 7.65. The van der Waals surface area contributed by atoms with E-state index in [1.54, 1.807) is 6.07 Å². The van der Waals surface area contributed by atoms with Crippen molar-refractivity contribution in [1.29, 1.82) is 0 Å². The molecule has 0 fully saturated rings. The molecule has 0 bridgehead atoms. The summed E-state index contributed by atoms with van der Waals surface area (Å²) in [4.78, 5) is 21.6. The van der Waals surface area contributed by atoms with Gasteiger partial charge in [-0.05, 0) is 13.0 Å². The Morgan fingerprint density at radius 2 is 2.43 bits per heavy atom. The summed E-state index contributed by atoms with van der Waals surface area (Å²) in [6.45, 7) is 1.41. The summed E-state index contributed by atoms with van der Waals surface area (Å²) in [5.74, 6) is -1.40. The molecule has 1 aromatic heterocycles. The van der Waals surface area contributed by atoms with Gasteiger partial charge in [-0.15, -0.1) is 0 Å². The van der Waals surface area contributed by atoms with Crippen LogP contribution in [0.3, 0.4) is 0 Å². The fourth-order valence-electron chi connectivity index (χ4n) is 0.910. The molecule has 1 amide bonds. The molecule has 76 valence electrons. The van der Waals surface area contributed by atoms with Gasteiger partial charge >= 0.3 is 5.97 Å². The highest BCUT2D eigenvalue weighted by Gasteiger charge is 2.14. The molecule has 1 heterocycles. The van der Waals surface area contributed by atoms with Crippen LogP contribution in [-0.4, -0.2) is 33.2 Å². The first kappa shape index (κ1) is 10.2. The van der Waals surface area contributed by atoms with Crippen molar-refractivity contribution in [2.45, 2.75) is 19.4 Å². The van der Waals surface area contributed by atoms with E-state index >= 15 is 0 Å². The number of hydrogen-bond acceptors (Lipinski definition) is 3. The number of aromatic amines is 1. The molecule has 0 aliphatic rings. The lowest BCUT2D eigenvalue weighted by molar-refractivity contribution is -0.141. The van der Waals surface area contributed by atoms with Crippen LogP contribution in [-0.2, 0) is 16.0 Å². The summed E-state index contributed by atoms with van der Waals surface area (Å²) < 4.78 is 0. The molecule has 1 atom stereocenters. The fraction of sp³-hybridized carbons (Fsp3) is 0.375. The van der Waals surface area contributed by atoms with Crippen molar-refractivity contribution >= 4 is 11.9 Å². The summed E-state index contributed by atoms with van der Waals surface area (Å²) in [6, 6.07) is 0.788. The summed E-state index contributed by atoms with van der Waals surface area (Å²) in [6.07, 6.45) is 1.64. The van der Waals surface area contributed by atoms with Crippen LogP contribution in [0.25, 0.3) is 0 Å². The van der Waals surface area contributed by atoms with E-state index in [2.05, 4.69) is 15.5 Å². The molecule has 0 aliphatic heterocycles. The van der Waals surface area contributed by atoms with Crippen molar-refractivity contribution in [1.82, 2.24) is 15.5 Å². The van der Waals surface area contributed by atoms with Gasteiger partial charge in [-0.25, -0.2) is 0 Å². The van der Waals surface area contributed by atoms with Crippen LogP contribution in [0.1, 0.15) is 12.6 Å². The van der Waals surface area contributed by atoms with E-state index in [1.807, 2.05) is 0 Å². The minimum atomic E-state index is -1.05. The van der Waals surface area contributed by atoms with E-state index in [9.17, 15) is 9.59 Å². The first-order chi connectivity index (χ1) is 6.59. The van der Waals surface area contributed by atoms with Crippen molar-refractivity contribution in [3.05, 3.63) is 18.0 Å². The van der Waals surface area contributed by atoms with Crippen molar-refractivity contribution < 1.29 is 14.7 Å². The Labute approximate surface area is 80.3 Å². The SMILES string of the molecule is C[C@@H](NC(=O)Cc1ccn[nH]1)C(=O)O.